The number of sulfonamides is 1. The molecule has 12 nitrogen and oxygen atoms in total. The Bertz CT molecular complexity index is 1750. The lowest BCUT2D eigenvalue weighted by atomic mass is 9.89. The number of hydrogen-bond acceptors (Lipinski definition) is 11. The SMILES string of the molecule is CC(C)CN[C@H]1CO[C@@H]2OCC[C@H](OC(=O)C[C@@H](Cc3cc(F)cc(F)c3)[C@H](O)CN(CC(C)C)S(=O)(=O)c3ccc4nc(NC(C)C)oc4c3)[C@@H]21. The highest BCUT2D eigenvalue weighted by Gasteiger charge is 2.47. The summed E-state index contributed by atoms with van der Waals surface area (Å²) in [6.07, 6.45) is -2.47. The van der Waals surface area contributed by atoms with Gasteiger partial charge in [-0.25, -0.2) is 17.2 Å². The number of oxazole rings is 1. The molecule has 2 fully saturated rings. The molecule has 3 N–H and O–H groups in total. The molecular weight excluding hydrogens is 698 g/mol. The maximum atomic E-state index is 14.3. The molecule has 2 aromatic carbocycles. The van der Waals surface area contributed by atoms with E-state index in [-0.39, 0.29) is 71.9 Å². The highest BCUT2D eigenvalue weighted by Crippen LogP contribution is 2.34. The Hall–Kier alpha value is -3.21. The second kappa shape index (κ2) is 17.3. The van der Waals surface area contributed by atoms with Crippen LogP contribution >= 0.6 is 0 Å². The van der Waals surface area contributed by atoms with Crippen molar-refractivity contribution in [2.75, 3.05) is 38.2 Å². The van der Waals surface area contributed by atoms with Gasteiger partial charge in [0, 0.05) is 49.6 Å². The predicted molar refractivity (Wildman–Crippen MR) is 191 cm³/mol. The standard InChI is InChI=1S/C37H52F2N4O8S/c1-21(2)17-40-30-20-49-36-35(30)32(9-10-48-36)50-34(45)14-25(11-24-12-26(38)15-27(39)13-24)31(44)19-43(18-22(3)4)52(46,47)28-7-8-29-33(16-28)51-37(42-29)41-23(5)6/h7-8,12-13,15-16,21-23,25,30-32,35-36,40,44H,9-11,14,17-20H2,1-6H3,(H,41,42)/t25-,30+,31-,32+,35+,36+/m1/s1. The van der Waals surface area contributed by atoms with E-state index >= 15 is 0 Å². The molecule has 52 heavy (non-hydrogen) atoms. The van der Waals surface area contributed by atoms with Gasteiger partial charge < -0.3 is 34.4 Å². The molecule has 0 amide bonds. The first-order valence-electron chi connectivity index (χ1n) is 18.1. The summed E-state index contributed by atoms with van der Waals surface area (Å²) in [5.41, 5.74) is 0.954. The molecule has 0 saturated carbocycles. The molecule has 3 aromatic rings. The Labute approximate surface area is 304 Å². The van der Waals surface area contributed by atoms with Crippen molar-refractivity contribution < 1.29 is 45.7 Å². The number of hydrogen-bond donors (Lipinski definition) is 3. The maximum Gasteiger partial charge on any atom is 0.306 e. The van der Waals surface area contributed by atoms with Crippen molar-refractivity contribution in [2.45, 2.75) is 96.3 Å². The molecule has 1 aromatic heterocycles. The van der Waals surface area contributed by atoms with E-state index in [2.05, 4.69) is 29.5 Å². The highest BCUT2D eigenvalue weighted by atomic mass is 32.2. The monoisotopic (exact) mass is 750 g/mol. The summed E-state index contributed by atoms with van der Waals surface area (Å²) < 4.78 is 81.4. The van der Waals surface area contributed by atoms with Gasteiger partial charge in [0.15, 0.2) is 11.9 Å². The minimum Gasteiger partial charge on any atom is -0.462 e. The molecule has 2 aliphatic heterocycles. The molecule has 15 heteroatoms. The third-order valence-electron chi connectivity index (χ3n) is 9.17. The normalized spacial score (nSPS) is 22.0. The van der Waals surface area contributed by atoms with Crippen molar-refractivity contribution in [2.24, 2.45) is 23.7 Å². The van der Waals surface area contributed by atoms with Crippen LogP contribution in [0.15, 0.2) is 45.7 Å². The fourth-order valence-electron chi connectivity index (χ4n) is 6.78. The van der Waals surface area contributed by atoms with E-state index < -0.39 is 52.0 Å². The number of rotatable bonds is 17. The zero-order valence-electron chi connectivity index (χ0n) is 30.7. The summed E-state index contributed by atoms with van der Waals surface area (Å²) in [7, 11) is -4.20. The van der Waals surface area contributed by atoms with Crippen molar-refractivity contribution in [3.8, 4) is 0 Å². The van der Waals surface area contributed by atoms with Crippen LogP contribution in [0.5, 0.6) is 0 Å². The van der Waals surface area contributed by atoms with Gasteiger partial charge in [-0.1, -0.05) is 27.7 Å². The first-order chi connectivity index (χ1) is 24.6. The average molecular weight is 751 g/mol. The molecule has 0 aliphatic carbocycles. The third-order valence-corrected chi connectivity index (χ3v) is 11.0. The van der Waals surface area contributed by atoms with Crippen molar-refractivity contribution in [1.82, 2.24) is 14.6 Å². The summed E-state index contributed by atoms with van der Waals surface area (Å²) in [5.74, 6) is -3.18. The largest absolute Gasteiger partial charge is 0.462 e. The smallest absolute Gasteiger partial charge is 0.306 e. The van der Waals surface area contributed by atoms with E-state index in [1.54, 1.807) is 6.07 Å². The number of nitrogens with one attached hydrogen (secondary N) is 2. The Morgan fingerprint density at radius 3 is 2.44 bits per heavy atom. The highest BCUT2D eigenvalue weighted by molar-refractivity contribution is 7.89. The van der Waals surface area contributed by atoms with Gasteiger partial charge in [0.1, 0.15) is 23.3 Å². The minimum atomic E-state index is -4.20. The van der Waals surface area contributed by atoms with Crippen LogP contribution in [0.4, 0.5) is 14.8 Å². The lowest BCUT2D eigenvalue weighted by Gasteiger charge is -2.35. The van der Waals surface area contributed by atoms with E-state index in [1.165, 1.54) is 16.4 Å². The predicted octanol–water partition coefficient (Wildman–Crippen LogP) is 5.10. The van der Waals surface area contributed by atoms with Crippen molar-refractivity contribution in [3.05, 3.63) is 53.6 Å². The van der Waals surface area contributed by atoms with Crippen LogP contribution in [0.2, 0.25) is 0 Å². The van der Waals surface area contributed by atoms with Crippen LogP contribution < -0.4 is 10.6 Å². The van der Waals surface area contributed by atoms with Gasteiger partial charge in [-0.15, -0.1) is 0 Å². The van der Waals surface area contributed by atoms with Gasteiger partial charge >= 0.3 is 5.97 Å². The van der Waals surface area contributed by atoms with Crippen LogP contribution in [-0.2, 0) is 35.4 Å². The van der Waals surface area contributed by atoms with Gasteiger partial charge in [0.25, 0.3) is 6.01 Å². The van der Waals surface area contributed by atoms with Gasteiger partial charge in [-0.2, -0.15) is 9.29 Å². The fourth-order valence-corrected chi connectivity index (χ4v) is 8.42. The molecule has 3 heterocycles. The summed E-state index contributed by atoms with van der Waals surface area (Å²) in [4.78, 5) is 18.0. The first kappa shape index (κ1) is 40.0. The number of nitrogens with zero attached hydrogens (tertiary/aromatic N) is 2. The number of esters is 1. The van der Waals surface area contributed by atoms with Crippen LogP contribution in [0.25, 0.3) is 11.1 Å². The Morgan fingerprint density at radius 2 is 1.77 bits per heavy atom. The van der Waals surface area contributed by atoms with E-state index in [0.29, 0.717) is 31.1 Å². The van der Waals surface area contributed by atoms with E-state index in [9.17, 15) is 27.1 Å². The molecule has 5 rings (SSSR count). The molecular formula is C37H52F2N4O8S. The van der Waals surface area contributed by atoms with E-state index in [4.69, 9.17) is 18.6 Å². The number of aromatic nitrogens is 1. The number of aliphatic hydroxyl groups excluding tert-OH is 1. The lowest BCUT2D eigenvalue weighted by Crippen LogP contribution is -2.49. The number of ether oxygens (including phenoxy) is 3. The Kier molecular flexibility index (Phi) is 13.3. The summed E-state index contributed by atoms with van der Waals surface area (Å²) >= 11 is 0. The number of anilines is 1. The number of benzene rings is 2. The molecule has 0 bridgehead atoms. The van der Waals surface area contributed by atoms with Crippen LogP contribution in [-0.4, -0.2) is 92.2 Å². The van der Waals surface area contributed by atoms with E-state index in [1.807, 2.05) is 27.7 Å². The quantitative estimate of drug-likeness (QED) is 0.158. The Morgan fingerprint density at radius 1 is 1.04 bits per heavy atom. The molecule has 2 saturated heterocycles. The van der Waals surface area contributed by atoms with Crippen LogP contribution in [0, 0.1) is 35.3 Å². The topological polar surface area (TPSA) is 152 Å². The van der Waals surface area contributed by atoms with Crippen molar-refractivity contribution in [3.63, 3.8) is 0 Å². The molecule has 0 unspecified atom stereocenters. The number of halogens is 2. The van der Waals surface area contributed by atoms with Crippen LogP contribution in [0.3, 0.4) is 0 Å². The first-order valence-corrected chi connectivity index (χ1v) is 19.5. The van der Waals surface area contributed by atoms with E-state index in [0.717, 1.165) is 24.7 Å². The minimum absolute atomic E-state index is 0.0438. The molecule has 2 aliphatic rings. The third kappa shape index (κ3) is 10.3. The average Bonchev–Trinajstić information content (AvgIpc) is 3.65. The van der Waals surface area contributed by atoms with Gasteiger partial charge in [0.05, 0.1) is 36.6 Å². The zero-order chi connectivity index (χ0) is 37.7. The second-order valence-corrected chi connectivity index (χ2v) is 17.0. The second-order valence-electron chi connectivity index (χ2n) is 15.1. The zero-order valence-corrected chi connectivity index (χ0v) is 31.5. The lowest BCUT2D eigenvalue weighted by molar-refractivity contribution is -0.196. The van der Waals surface area contributed by atoms with Crippen molar-refractivity contribution >= 4 is 33.1 Å². The molecule has 0 radical (unpaired) electrons. The number of aliphatic hydroxyl groups is 1. The van der Waals surface area contributed by atoms with Gasteiger partial charge in [0.2, 0.25) is 10.0 Å². The summed E-state index contributed by atoms with van der Waals surface area (Å²) in [6.45, 7) is 12.9. The number of fused-ring (bicyclic) bond motifs is 2. The maximum absolute atomic E-state index is 14.3. The number of carbonyl (C=O) groups is 1. The summed E-state index contributed by atoms with van der Waals surface area (Å²) in [6, 6.07) is 7.60. The fraction of sp³-hybridized carbons (Fsp3) is 0.622. The Balaban J connectivity index is 1.37. The van der Waals surface area contributed by atoms with Gasteiger partial charge in [-0.05, 0) is 68.5 Å². The molecule has 6 atom stereocenters. The van der Waals surface area contributed by atoms with Crippen LogP contribution in [0.1, 0.15) is 59.9 Å². The number of carbonyl (C=O) groups excluding carboxylic acids is 1. The molecule has 288 valence electrons. The van der Waals surface area contributed by atoms with Crippen molar-refractivity contribution in [1.29, 1.82) is 0 Å². The summed E-state index contributed by atoms with van der Waals surface area (Å²) in [5, 5.41) is 18.3. The van der Waals surface area contributed by atoms with Gasteiger partial charge in [-0.3, -0.25) is 4.79 Å². The molecule has 0 spiro atoms.